The highest BCUT2D eigenvalue weighted by atomic mass is 19.1. The molecule has 190 valence electrons. The predicted octanol–water partition coefficient (Wildman–Crippen LogP) is 2.04. The van der Waals surface area contributed by atoms with Gasteiger partial charge >= 0.3 is 6.03 Å². The minimum absolute atomic E-state index is 0.0159. The smallest absolute Gasteiger partial charge is 0.328 e. The molecule has 0 spiro atoms. The van der Waals surface area contributed by atoms with Crippen molar-refractivity contribution in [2.24, 2.45) is 0 Å². The van der Waals surface area contributed by atoms with Gasteiger partial charge in [-0.3, -0.25) is 19.9 Å². The normalized spacial score (nSPS) is 18.4. The molecule has 0 atom stereocenters. The van der Waals surface area contributed by atoms with Crippen LogP contribution in [0.15, 0.2) is 18.3 Å². The van der Waals surface area contributed by atoms with Gasteiger partial charge in [-0.15, -0.1) is 0 Å². The van der Waals surface area contributed by atoms with Gasteiger partial charge in [-0.05, 0) is 37.0 Å². The zero-order valence-corrected chi connectivity index (χ0v) is 20.2. The number of ether oxygens (including phenoxy) is 2. The van der Waals surface area contributed by atoms with Crippen LogP contribution in [0.5, 0.6) is 0 Å². The number of hydrogen-bond donors (Lipinski definition) is 1. The van der Waals surface area contributed by atoms with Gasteiger partial charge in [0.15, 0.2) is 0 Å². The Labute approximate surface area is 211 Å². The molecule has 0 radical (unpaired) electrons. The van der Waals surface area contributed by atoms with E-state index in [1.54, 1.807) is 17.0 Å². The number of nitrogens with zero attached hydrogens (tertiary/aromatic N) is 6. The molecule has 2 aliphatic rings. The topological polar surface area (TPSA) is 124 Å². The molecule has 1 saturated heterocycles. The zero-order chi connectivity index (χ0) is 27.6. The van der Waals surface area contributed by atoms with Crippen molar-refractivity contribution in [2.75, 3.05) is 57.7 Å². The summed E-state index contributed by atoms with van der Waals surface area (Å²) in [5, 5.41) is 11.4. The van der Waals surface area contributed by atoms with E-state index >= 15 is 0 Å². The molecule has 3 amide bonds. The summed E-state index contributed by atoms with van der Waals surface area (Å²) in [7, 11) is 4.72. The molecule has 0 bridgehead atoms. The molecule has 2 aromatic rings. The Kier molecular flexibility index (Phi) is 6.93. The summed E-state index contributed by atoms with van der Waals surface area (Å²) in [6.07, 6.45) is -1.76. The third-order valence-electron chi connectivity index (χ3n) is 6.00. The molecule has 0 aromatic carbocycles. The van der Waals surface area contributed by atoms with E-state index in [0.717, 1.165) is 12.3 Å². The molecule has 4 rings (SSSR count). The second-order valence-electron chi connectivity index (χ2n) is 8.43. The number of aryl methyl sites for hydroxylation is 1. The fourth-order valence-corrected chi connectivity index (χ4v) is 4.11. The average Bonchev–Trinajstić information content (AvgIpc) is 2.87. The fourth-order valence-electron chi connectivity index (χ4n) is 4.11. The van der Waals surface area contributed by atoms with Crippen LogP contribution in [0.4, 0.5) is 20.8 Å². The van der Waals surface area contributed by atoms with Gasteiger partial charge in [0.25, 0.3) is 0 Å². The summed E-state index contributed by atoms with van der Waals surface area (Å²) in [6, 6.07) is 3.50. The van der Waals surface area contributed by atoms with Crippen molar-refractivity contribution >= 4 is 23.6 Å². The van der Waals surface area contributed by atoms with Gasteiger partial charge in [-0.2, -0.15) is 5.26 Å². The van der Waals surface area contributed by atoms with E-state index in [1.807, 2.05) is 11.9 Å². The van der Waals surface area contributed by atoms with Gasteiger partial charge in [0, 0.05) is 49.2 Å². The number of methoxy groups -OCH3 is 2. The number of carbonyl (C=O) groups excluding carboxylic acids is 2. The Morgan fingerprint density at radius 2 is 2.11 bits per heavy atom. The van der Waals surface area contributed by atoms with Crippen LogP contribution in [-0.2, 0) is 27.2 Å². The maximum absolute atomic E-state index is 14.0. The van der Waals surface area contributed by atoms with Crippen molar-refractivity contribution in [2.45, 2.75) is 25.6 Å². The number of anilines is 2. The number of aromatic nitrogens is 2. The lowest BCUT2D eigenvalue weighted by molar-refractivity contribution is -0.136. The number of nitrogens with one attached hydrogen (secondary N) is 1. The first kappa shape index (κ1) is 22.8. The van der Waals surface area contributed by atoms with Crippen molar-refractivity contribution in [3.8, 4) is 6.07 Å². The molecule has 11 nitrogen and oxygen atoms in total. The Bertz CT molecular complexity index is 1290. The molecule has 1 fully saturated rings. The molecule has 1 N–H and O–H groups in total. The summed E-state index contributed by atoms with van der Waals surface area (Å²) in [5.74, 6) is -0.964. The van der Waals surface area contributed by atoms with Crippen molar-refractivity contribution in [1.29, 1.82) is 5.26 Å². The number of halogens is 1. The Morgan fingerprint density at radius 1 is 1.33 bits per heavy atom. The molecular formula is C24H28FN7O4. The summed E-state index contributed by atoms with van der Waals surface area (Å²) in [6.45, 7) is 1.60. The van der Waals surface area contributed by atoms with Gasteiger partial charge in [-0.25, -0.2) is 19.2 Å². The zero-order valence-electron chi connectivity index (χ0n) is 22.2. The van der Waals surface area contributed by atoms with E-state index in [4.69, 9.17) is 17.5 Å². The highest BCUT2D eigenvalue weighted by Gasteiger charge is 2.30. The quantitative estimate of drug-likeness (QED) is 0.599. The Balaban J connectivity index is 1.72. The lowest BCUT2D eigenvalue weighted by Crippen LogP contribution is -2.48. The van der Waals surface area contributed by atoms with Crippen molar-refractivity contribution in [3.05, 3.63) is 46.5 Å². The van der Waals surface area contributed by atoms with E-state index in [2.05, 4.69) is 15.3 Å². The van der Waals surface area contributed by atoms with E-state index in [9.17, 15) is 14.0 Å². The summed E-state index contributed by atoms with van der Waals surface area (Å²) >= 11 is 0. The maximum Gasteiger partial charge on any atom is 0.328 e. The number of carbonyl (C=O) groups is 2. The molecule has 4 heterocycles. The van der Waals surface area contributed by atoms with Crippen LogP contribution in [0, 0.1) is 17.1 Å². The summed E-state index contributed by atoms with van der Waals surface area (Å²) in [5.41, 5.74) is 0.752. The third kappa shape index (κ3) is 5.28. The lowest BCUT2D eigenvalue weighted by Gasteiger charge is -2.34. The van der Waals surface area contributed by atoms with E-state index in [0.29, 0.717) is 24.3 Å². The maximum atomic E-state index is 14.0. The monoisotopic (exact) mass is 499 g/mol. The molecule has 2 aromatic heterocycles. The van der Waals surface area contributed by atoms with Gasteiger partial charge in [0.2, 0.25) is 12.2 Å². The fraction of sp³-hybridized carbons (Fsp3) is 0.458. The van der Waals surface area contributed by atoms with Crippen LogP contribution in [-0.4, -0.2) is 79.2 Å². The number of hydrogen-bond acceptors (Lipinski definition) is 8. The van der Waals surface area contributed by atoms with Crippen molar-refractivity contribution in [1.82, 2.24) is 19.8 Å². The SMILES string of the molecule is [2H]C1([2H])CCN(C(=O)Nc2cc(F)c(C#N)cn2)c2nc(C(OC)OC)c(CN3CCN(C)CC3=O)cc21. The minimum Gasteiger partial charge on any atom is -0.350 e. The van der Waals surface area contributed by atoms with Crippen LogP contribution in [0.3, 0.4) is 0 Å². The number of rotatable bonds is 6. The number of piperazine rings is 1. The van der Waals surface area contributed by atoms with Gasteiger partial charge < -0.3 is 14.4 Å². The largest absolute Gasteiger partial charge is 0.350 e. The third-order valence-corrected chi connectivity index (χ3v) is 6.00. The van der Waals surface area contributed by atoms with Crippen LogP contribution < -0.4 is 10.2 Å². The predicted molar refractivity (Wildman–Crippen MR) is 128 cm³/mol. The highest BCUT2D eigenvalue weighted by Crippen LogP contribution is 2.32. The number of fused-ring (bicyclic) bond motifs is 1. The first-order chi connectivity index (χ1) is 18.1. The van der Waals surface area contributed by atoms with E-state index < -0.39 is 24.5 Å². The minimum atomic E-state index is -1.81. The Morgan fingerprint density at radius 3 is 2.78 bits per heavy atom. The molecule has 0 aliphatic carbocycles. The standard InChI is InChI=1S/C24H28FN7O4/c1-30-7-8-31(20(33)14-30)13-16-9-15-5-4-6-32(22(15)29-21(16)23(35-2)36-3)24(34)28-19-10-18(25)17(11-26)12-27-19/h9-10,12,23H,4-8,13-14H2,1-3H3,(H,27,28,34)/i5D2. The first-order valence-corrected chi connectivity index (χ1v) is 11.3. The molecular weight excluding hydrogens is 469 g/mol. The Hall–Kier alpha value is -3.66. The van der Waals surface area contributed by atoms with Crippen molar-refractivity contribution < 1.29 is 26.2 Å². The van der Waals surface area contributed by atoms with Crippen LogP contribution in [0.1, 0.15) is 37.8 Å². The molecule has 2 aliphatic heterocycles. The number of pyridine rings is 2. The van der Waals surface area contributed by atoms with E-state index in [1.165, 1.54) is 19.1 Å². The number of amides is 3. The van der Waals surface area contributed by atoms with Gasteiger partial charge in [-0.1, -0.05) is 0 Å². The second kappa shape index (κ2) is 10.9. The van der Waals surface area contributed by atoms with Crippen LogP contribution in [0.2, 0.25) is 0 Å². The summed E-state index contributed by atoms with van der Waals surface area (Å²) in [4.78, 5) is 39.2. The van der Waals surface area contributed by atoms with Crippen LogP contribution in [0.25, 0.3) is 0 Å². The van der Waals surface area contributed by atoms with Crippen LogP contribution >= 0.6 is 0 Å². The number of likely N-dealkylation sites (N-methyl/N-ethyl adjacent to an activating group) is 1. The number of nitriles is 1. The van der Waals surface area contributed by atoms with Crippen molar-refractivity contribution in [3.63, 3.8) is 0 Å². The molecule has 0 unspecified atom stereocenters. The van der Waals surface area contributed by atoms with E-state index in [-0.39, 0.29) is 54.7 Å². The van der Waals surface area contributed by atoms with Gasteiger partial charge in [0.05, 0.1) is 12.7 Å². The summed E-state index contributed by atoms with van der Waals surface area (Å²) < 4.78 is 42.1. The highest BCUT2D eigenvalue weighted by molar-refractivity contribution is 6.01. The first-order valence-electron chi connectivity index (χ1n) is 12.3. The lowest BCUT2D eigenvalue weighted by atomic mass is 10.0. The average molecular weight is 500 g/mol. The van der Waals surface area contributed by atoms with Gasteiger partial charge in [0.1, 0.15) is 34.8 Å². The second-order valence-corrected chi connectivity index (χ2v) is 8.43. The molecule has 36 heavy (non-hydrogen) atoms. The molecule has 0 saturated carbocycles. The number of urea groups is 1. The molecule has 12 heteroatoms.